The van der Waals surface area contributed by atoms with Crippen molar-refractivity contribution < 1.29 is 0 Å². The number of hydrogen-bond acceptors (Lipinski definition) is 7. The van der Waals surface area contributed by atoms with Gasteiger partial charge in [0.05, 0.1) is 24.3 Å². The molecule has 1 aliphatic heterocycles. The van der Waals surface area contributed by atoms with Gasteiger partial charge in [-0.2, -0.15) is 10.2 Å². The van der Waals surface area contributed by atoms with Crippen molar-refractivity contribution in [3.05, 3.63) is 62.6 Å². The number of nitriles is 1. The second kappa shape index (κ2) is 9.33. The number of imidazole rings is 1. The third-order valence-electron chi connectivity index (χ3n) is 6.66. The number of aromatic nitrogens is 5. The Labute approximate surface area is 207 Å². The number of rotatable bonds is 4. The molecule has 3 aromatic heterocycles. The average molecular weight is 483 g/mol. The summed E-state index contributed by atoms with van der Waals surface area (Å²) in [7, 11) is 1.59. The highest BCUT2D eigenvalue weighted by molar-refractivity contribution is 5.87. The minimum absolute atomic E-state index is 0.00753. The zero-order valence-corrected chi connectivity index (χ0v) is 20.2. The summed E-state index contributed by atoms with van der Waals surface area (Å²) in [5.74, 6) is 6.48. The van der Waals surface area contributed by atoms with E-state index >= 15 is 0 Å². The molecule has 1 atom stereocenters. The molecule has 10 nitrogen and oxygen atoms in total. The van der Waals surface area contributed by atoms with Crippen LogP contribution in [0.3, 0.4) is 0 Å². The van der Waals surface area contributed by atoms with Crippen molar-refractivity contribution in [2.45, 2.75) is 38.9 Å². The lowest BCUT2D eigenvalue weighted by molar-refractivity contribution is 0.496. The van der Waals surface area contributed by atoms with Crippen LogP contribution < -0.4 is 21.9 Å². The first kappa shape index (κ1) is 23.3. The van der Waals surface area contributed by atoms with E-state index in [2.05, 4.69) is 27.8 Å². The van der Waals surface area contributed by atoms with Gasteiger partial charge in [0.2, 0.25) is 5.95 Å². The maximum Gasteiger partial charge on any atom is 0.332 e. The summed E-state index contributed by atoms with van der Waals surface area (Å²) in [4.78, 5) is 38.3. The highest BCUT2D eigenvalue weighted by atomic mass is 16.2. The Hall–Kier alpha value is -4.41. The van der Waals surface area contributed by atoms with E-state index in [-0.39, 0.29) is 24.6 Å². The first-order chi connectivity index (χ1) is 17.4. The molecule has 1 fully saturated rings. The van der Waals surface area contributed by atoms with Gasteiger partial charge in [-0.15, -0.1) is 5.92 Å². The van der Waals surface area contributed by atoms with Gasteiger partial charge in [-0.05, 0) is 19.8 Å². The number of nitrogens with two attached hydrogens (primary N) is 1. The fourth-order valence-corrected chi connectivity index (χ4v) is 4.84. The molecule has 0 radical (unpaired) electrons. The van der Waals surface area contributed by atoms with Gasteiger partial charge in [-0.25, -0.2) is 4.79 Å². The Morgan fingerprint density at radius 3 is 2.78 bits per heavy atom. The van der Waals surface area contributed by atoms with Crippen LogP contribution in [0.15, 0.2) is 40.1 Å². The summed E-state index contributed by atoms with van der Waals surface area (Å²) in [6.07, 6.45) is 3.49. The Balaban J connectivity index is 1.72. The minimum atomic E-state index is -0.528. The topological polar surface area (TPSA) is 128 Å². The number of anilines is 1. The van der Waals surface area contributed by atoms with Crippen LogP contribution in [0.1, 0.15) is 31.0 Å². The average Bonchev–Trinajstić information content (AvgIpc) is 3.28. The zero-order valence-electron chi connectivity index (χ0n) is 20.2. The molecule has 1 aliphatic rings. The molecule has 36 heavy (non-hydrogen) atoms. The molecule has 5 rings (SSSR count). The first-order valence-electron chi connectivity index (χ1n) is 11.8. The van der Waals surface area contributed by atoms with Crippen LogP contribution in [0, 0.1) is 23.2 Å². The van der Waals surface area contributed by atoms with Gasteiger partial charge in [0.15, 0.2) is 11.2 Å². The van der Waals surface area contributed by atoms with E-state index < -0.39 is 11.2 Å². The number of benzene rings is 1. The normalized spacial score (nSPS) is 15.6. The fourth-order valence-electron chi connectivity index (χ4n) is 4.84. The van der Waals surface area contributed by atoms with E-state index in [1.807, 2.05) is 24.3 Å². The number of piperidine rings is 1. The van der Waals surface area contributed by atoms with Gasteiger partial charge < -0.3 is 10.6 Å². The number of nitrogens with zero attached hydrogens (tertiary/aromatic N) is 7. The van der Waals surface area contributed by atoms with Crippen LogP contribution in [0.4, 0.5) is 5.95 Å². The first-order valence-corrected chi connectivity index (χ1v) is 11.8. The van der Waals surface area contributed by atoms with Crippen LogP contribution in [-0.4, -0.2) is 42.8 Å². The van der Waals surface area contributed by atoms with Crippen molar-refractivity contribution in [1.29, 1.82) is 5.26 Å². The van der Waals surface area contributed by atoms with E-state index in [0.717, 1.165) is 34.7 Å². The van der Waals surface area contributed by atoms with E-state index in [1.165, 1.54) is 4.57 Å². The third-order valence-corrected chi connectivity index (χ3v) is 6.66. The molecule has 4 aromatic rings. The van der Waals surface area contributed by atoms with E-state index in [4.69, 9.17) is 10.7 Å². The molecule has 4 heterocycles. The number of hydrogen-bond donors (Lipinski definition) is 1. The monoisotopic (exact) mass is 482 g/mol. The summed E-state index contributed by atoms with van der Waals surface area (Å²) in [5.41, 5.74) is 6.46. The molecule has 0 saturated carbocycles. The third kappa shape index (κ3) is 3.82. The van der Waals surface area contributed by atoms with Crippen molar-refractivity contribution in [2.24, 2.45) is 12.8 Å². The predicted octanol–water partition coefficient (Wildman–Crippen LogP) is 1.32. The number of aryl methyl sites for hydroxylation is 1. The van der Waals surface area contributed by atoms with Crippen molar-refractivity contribution in [3.63, 3.8) is 0 Å². The SMILES string of the molecule is CC#CCn1c(N2CCCC(N)C2)nc2c1c(=O)n(Cc1ncc3ccccc3c1C#N)c(=O)n2C. The number of pyridine rings is 1. The van der Waals surface area contributed by atoms with Crippen LogP contribution in [0.25, 0.3) is 21.9 Å². The van der Waals surface area contributed by atoms with E-state index in [1.54, 1.807) is 24.7 Å². The largest absolute Gasteiger partial charge is 0.341 e. The van der Waals surface area contributed by atoms with E-state index in [9.17, 15) is 14.9 Å². The summed E-state index contributed by atoms with van der Waals surface area (Å²) in [5, 5.41) is 11.4. The zero-order chi connectivity index (χ0) is 25.4. The molecular formula is C26H26N8O2. The molecule has 1 saturated heterocycles. The van der Waals surface area contributed by atoms with Crippen LogP contribution in [-0.2, 0) is 20.1 Å². The minimum Gasteiger partial charge on any atom is -0.341 e. The molecule has 1 aromatic carbocycles. The maximum absolute atomic E-state index is 13.8. The highest BCUT2D eigenvalue weighted by Gasteiger charge is 2.26. The summed E-state index contributed by atoms with van der Waals surface area (Å²) in [6.45, 7) is 3.21. The summed E-state index contributed by atoms with van der Waals surface area (Å²) < 4.78 is 4.25. The van der Waals surface area contributed by atoms with E-state index in [0.29, 0.717) is 29.4 Å². The second-order valence-corrected chi connectivity index (χ2v) is 8.96. The van der Waals surface area contributed by atoms with Crippen molar-refractivity contribution in [3.8, 4) is 17.9 Å². The number of fused-ring (bicyclic) bond motifs is 2. The van der Waals surface area contributed by atoms with Crippen molar-refractivity contribution in [2.75, 3.05) is 18.0 Å². The quantitative estimate of drug-likeness (QED) is 0.435. The molecule has 1 unspecified atom stereocenters. The van der Waals surface area contributed by atoms with Gasteiger partial charge in [0.1, 0.15) is 6.07 Å². The lowest BCUT2D eigenvalue weighted by Gasteiger charge is -2.31. The Morgan fingerprint density at radius 2 is 2.03 bits per heavy atom. The van der Waals surface area contributed by atoms with Crippen LogP contribution in [0.2, 0.25) is 0 Å². The molecule has 0 amide bonds. The Kier molecular flexibility index (Phi) is 6.05. The Bertz CT molecular complexity index is 1710. The lowest BCUT2D eigenvalue weighted by Crippen LogP contribution is -2.44. The predicted molar refractivity (Wildman–Crippen MR) is 138 cm³/mol. The standard InChI is InChI=1S/C26H26N8O2/c1-3-4-12-33-22-23(30-25(33)32-11-7-9-18(28)15-32)31(2)26(36)34(24(22)35)16-21-20(13-27)19-10-6-5-8-17(19)14-29-21/h5-6,8,10,14,18H,7,9,11-12,15-16,28H2,1-2H3. The fraction of sp³-hybridized carbons (Fsp3) is 0.346. The van der Waals surface area contributed by atoms with Gasteiger partial charge >= 0.3 is 5.69 Å². The molecular weight excluding hydrogens is 456 g/mol. The van der Waals surface area contributed by atoms with Gasteiger partial charge in [0.25, 0.3) is 5.56 Å². The molecule has 0 aliphatic carbocycles. The van der Waals surface area contributed by atoms with Crippen LogP contribution in [0.5, 0.6) is 0 Å². The smallest absolute Gasteiger partial charge is 0.332 e. The van der Waals surface area contributed by atoms with Gasteiger partial charge in [0, 0.05) is 43.1 Å². The lowest BCUT2D eigenvalue weighted by atomic mass is 10.1. The van der Waals surface area contributed by atoms with Crippen molar-refractivity contribution in [1.82, 2.24) is 23.7 Å². The summed E-state index contributed by atoms with van der Waals surface area (Å²) in [6, 6.07) is 9.61. The molecule has 2 N–H and O–H groups in total. The molecule has 10 heteroatoms. The van der Waals surface area contributed by atoms with Gasteiger partial charge in [-0.3, -0.25) is 23.5 Å². The molecule has 0 bridgehead atoms. The second-order valence-electron chi connectivity index (χ2n) is 8.96. The maximum atomic E-state index is 13.8. The highest BCUT2D eigenvalue weighted by Crippen LogP contribution is 2.23. The molecule has 182 valence electrons. The Morgan fingerprint density at radius 1 is 1.22 bits per heavy atom. The van der Waals surface area contributed by atoms with Crippen LogP contribution >= 0.6 is 0 Å². The van der Waals surface area contributed by atoms with Gasteiger partial charge in [-0.1, -0.05) is 30.2 Å². The summed E-state index contributed by atoms with van der Waals surface area (Å²) >= 11 is 0. The molecule has 0 spiro atoms. The van der Waals surface area contributed by atoms with Crippen molar-refractivity contribution >= 4 is 27.9 Å².